The van der Waals surface area contributed by atoms with Gasteiger partial charge in [-0.25, -0.2) is 0 Å². The molecule has 0 aromatic rings. The van der Waals surface area contributed by atoms with E-state index in [1.807, 2.05) is 14.1 Å². The number of hydrogen-bond donors (Lipinski definition) is 2. The molecule has 1 fully saturated rings. The lowest BCUT2D eigenvalue weighted by Crippen LogP contribution is -2.46. The molecule has 2 amide bonds. The zero-order valence-corrected chi connectivity index (χ0v) is 14.6. The highest BCUT2D eigenvalue weighted by Crippen LogP contribution is 2.16. The van der Waals surface area contributed by atoms with Crippen molar-refractivity contribution < 1.29 is 14.4 Å². The third kappa shape index (κ3) is 8.08. The summed E-state index contributed by atoms with van der Waals surface area (Å²) in [5, 5.41) is 5.52. The van der Waals surface area contributed by atoms with Crippen molar-refractivity contribution in [1.82, 2.24) is 20.4 Å². The average molecular weight is 335 g/mol. The summed E-state index contributed by atoms with van der Waals surface area (Å²) < 4.78 is 0. The molecule has 0 bridgehead atoms. The first-order valence-electron chi connectivity index (χ1n) is 8.32. The quantitative estimate of drug-likeness (QED) is 0.420. The molecule has 0 spiro atoms. The van der Waals surface area contributed by atoms with E-state index in [1.54, 1.807) is 0 Å². The van der Waals surface area contributed by atoms with Gasteiger partial charge in [-0.05, 0) is 40.4 Å². The van der Waals surface area contributed by atoms with Crippen molar-refractivity contribution in [2.24, 2.45) is 0 Å². The predicted octanol–water partition coefficient (Wildman–Crippen LogP) is -0.386. The van der Waals surface area contributed by atoms with Crippen molar-refractivity contribution in [2.75, 3.05) is 46.8 Å². The highest BCUT2D eigenvalue weighted by Gasteiger charge is 2.30. The van der Waals surface area contributed by atoms with Crippen LogP contribution in [0.3, 0.4) is 0 Å². The molecule has 0 aromatic carbocycles. The lowest BCUT2D eigenvalue weighted by Gasteiger charge is -2.25. The van der Waals surface area contributed by atoms with E-state index in [0.717, 1.165) is 32.5 Å². The molecule has 1 saturated heterocycles. The van der Waals surface area contributed by atoms with E-state index in [9.17, 15) is 14.4 Å². The number of Topliss-reactive ketones (excluding diaryl/α,β-unsaturated/α-hetero) is 1. The fourth-order valence-corrected chi connectivity index (χ4v) is 2.60. The minimum atomic E-state index is -0.137. The fourth-order valence-electron chi connectivity index (χ4n) is 2.60. The molecule has 1 aliphatic heterocycles. The van der Waals surface area contributed by atoms with E-state index in [1.165, 1.54) is 6.92 Å². The van der Waals surface area contributed by atoms with Gasteiger partial charge in [-0.2, -0.15) is 0 Å². The zero-order chi connectivity index (χ0) is 17.2. The van der Waals surface area contributed by atoms with Gasteiger partial charge in [0.05, 0.1) is 6.04 Å². The van der Waals surface area contributed by atoms with Crippen molar-refractivity contribution >= 4 is 17.6 Å². The van der Waals surface area contributed by atoms with Crippen LogP contribution in [-0.4, -0.2) is 80.3 Å². The minimum absolute atomic E-state index is 0.0118. The van der Waals surface area contributed by atoms with Crippen LogP contribution in [0.5, 0.6) is 0 Å². The summed E-state index contributed by atoms with van der Waals surface area (Å²) in [6, 6.07) is -0.0734. The van der Waals surface area contributed by atoms with Crippen LogP contribution < -0.4 is 10.6 Å². The Kier molecular flexibility index (Phi) is 8.79. The van der Waals surface area contributed by atoms with Crippen LogP contribution >= 0.6 is 0 Å². The molecule has 23 heavy (non-hydrogen) atoms. The van der Waals surface area contributed by atoms with E-state index in [0.29, 0.717) is 19.5 Å². The second-order valence-electron chi connectivity index (χ2n) is 6.34. The highest BCUT2D eigenvalue weighted by atomic mass is 16.3. The number of amides is 2. The Morgan fingerprint density at radius 3 is 2.48 bits per heavy atom. The van der Waals surface area contributed by atoms with Crippen molar-refractivity contribution in [3.8, 4) is 0 Å². The number of likely N-dealkylation sites (N-methyl/N-ethyl adjacent to an activating group) is 1. The van der Waals surface area contributed by atoms with Gasteiger partial charge in [0.25, 0.3) is 0 Å². The van der Waals surface area contributed by atoms with Crippen molar-refractivity contribution in [1.29, 1.82) is 0 Å². The van der Waals surface area contributed by atoms with E-state index in [2.05, 4.69) is 20.4 Å². The van der Waals surface area contributed by atoms with E-state index < -0.39 is 0 Å². The maximum absolute atomic E-state index is 12.2. The van der Waals surface area contributed by atoms with E-state index in [-0.39, 0.29) is 30.1 Å². The lowest BCUT2D eigenvalue weighted by atomic mass is 10.2. The Hall–Kier alpha value is -1.47. The number of likely N-dealkylation sites (tertiary alicyclic amines) is 1. The summed E-state index contributed by atoms with van der Waals surface area (Å²) >= 11 is 0. The molecule has 7 heteroatoms. The Morgan fingerprint density at radius 2 is 1.83 bits per heavy atom. The topological polar surface area (TPSA) is 81.8 Å². The minimum Gasteiger partial charge on any atom is -0.356 e. The van der Waals surface area contributed by atoms with Gasteiger partial charge in [0.1, 0.15) is 5.78 Å². The third-order valence-corrected chi connectivity index (χ3v) is 3.95. The van der Waals surface area contributed by atoms with Gasteiger partial charge >= 0.3 is 0 Å². The number of ketones is 1. The molecule has 1 unspecified atom stereocenters. The summed E-state index contributed by atoms with van der Waals surface area (Å²) in [6.45, 7) is 4.97. The smallest absolute Gasteiger partial charge is 0.237 e. The van der Waals surface area contributed by atoms with Gasteiger partial charge in [-0.3, -0.25) is 19.3 Å². The molecule has 0 aliphatic carbocycles. The first kappa shape index (κ1) is 19.6. The van der Waals surface area contributed by atoms with Gasteiger partial charge in [0.15, 0.2) is 0 Å². The summed E-state index contributed by atoms with van der Waals surface area (Å²) in [6.07, 6.45) is 2.51. The molecule has 1 heterocycles. The number of rotatable bonds is 10. The van der Waals surface area contributed by atoms with E-state index >= 15 is 0 Å². The second kappa shape index (κ2) is 10.3. The Bertz CT molecular complexity index is 412. The molecule has 0 aromatic heterocycles. The number of carbonyl (C=O) groups excluding carboxylic acids is 3. The van der Waals surface area contributed by atoms with Crippen molar-refractivity contribution in [2.45, 2.75) is 38.6 Å². The lowest BCUT2D eigenvalue weighted by molar-refractivity contribution is -0.125. The monoisotopic (exact) mass is 335 g/mol. The van der Waals surface area contributed by atoms with Crippen LogP contribution in [0.1, 0.15) is 32.6 Å². The van der Waals surface area contributed by atoms with Crippen LogP contribution in [0.15, 0.2) is 0 Å². The molecular weight excluding hydrogens is 305 g/mol. The summed E-state index contributed by atoms with van der Waals surface area (Å²) in [7, 11) is 4.05. The first-order chi connectivity index (χ1) is 10.9. The van der Waals surface area contributed by atoms with Crippen LogP contribution in [0.2, 0.25) is 0 Å². The fraction of sp³-hybridized carbons (Fsp3) is 0.812. The number of hydrogen-bond acceptors (Lipinski definition) is 5. The van der Waals surface area contributed by atoms with Gasteiger partial charge in [0.2, 0.25) is 11.8 Å². The first-order valence-corrected chi connectivity index (χ1v) is 8.32. The molecule has 1 aliphatic rings. The Balaban J connectivity index is 2.22. The highest BCUT2D eigenvalue weighted by molar-refractivity contribution is 5.83. The molecule has 7 nitrogen and oxygen atoms in total. The average Bonchev–Trinajstić information content (AvgIpc) is 2.93. The van der Waals surface area contributed by atoms with E-state index in [4.69, 9.17) is 0 Å². The molecule has 132 valence electrons. The molecule has 1 rings (SSSR count). The SMILES string of the molecule is C[13C](=O)[13CH2][13CH2][15NH][13C](=O)[13CH2][13CH2]NC(=O)C1CCC[15N]1C[13CH2]N(C)C. The Morgan fingerprint density at radius 1 is 1.13 bits per heavy atom. The Labute approximate surface area is 138 Å². The molecule has 0 saturated carbocycles. The van der Waals surface area contributed by atoms with Gasteiger partial charge in [-0.1, -0.05) is 0 Å². The third-order valence-electron chi connectivity index (χ3n) is 3.95. The van der Waals surface area contributed by atoms with Crippen molar-refractivity contribution in [3.63, 3.8) is 0 Å². The number of nitrogens with zero attached hydrogens (tertiary/aromatic N) is 2. The molecular formula is C16H30N4O3. The van der Waals surface area contributed by atoms with Gasteiger partial charge in [-0.15, -0.1) is 0 Å². The van der Waals surface area contributed by atoms with Crippen LogP contribution in [0, 0.1) is 0 Å². The van der Waals surface area contributed by atoms with Crippen LogP contribution in [-0.2, 0) is 14.4 Å². The molecule has 0 radical (unpaired) electrons. The maximum Gasteiger partial charge on any atom is 0.237 e. The van der Waals surface area contributed by atoms with Crippen LogP contribution in [0.25, 0.3) is 0 Å². The standard InChI is InChI=1S/C16H30N4O3/c1-13(21)6-8-17-15(22)7-9-18-16(23)14-5-4-10-20(14)12-11-19(2)3/h14H,4-12H2,1-3H3,(H,17,22)(H,18,23)/i6+1,7+1,8+1,9+1,11+1,13+1,15+1,17+1,20+1. The van der Waals surface area contributed by atoms with Gasteiger partial charge < -0.3 is 15.5 Å². The van der Waals surface area contributed by atoms with Crippen molar-refractivity contribution in [3.05, 3.63) is 0 Å². The number of nitrogens with one attached hydrogen (secondary N) is 2. The van der Waals surface area contributed by atoms with Crippen LogP contribution in [0.4, 0.5) is 0 Å². The molecule has 2 N–H and O–H groups in total. The zero-order valence-electron chi connectivity index (χ0n) is 14.6. The summed E-state index contributed by atoms with van der Waals surface area (Å²) in [5.41, 5.74) is 0. The summed E-state index contributed by atoms with van der Waals surface area (Å²) in [4.78, 5) is 38.9. The van der Waals surface area contributed by atoms with Gasteiger partial charge in [0, 0.05) is 39.0 Å². The second-order valence-corrected chi connectivity index (χ2v) is 6.34. The predicted molar refractivity (Wildman–Crippen MR) is 89.1 cm³/mol. The maximum atomic E-state index is 12.2. The largest absolute Gasteiger partial charge is 0.356 e. The normalized spacial score (nSPS) is 18.2. The molecule has 1 atom stereocenters. The summed E-state index contributed by atoms with van der Waals surface area (Å²) in [5.74, 6) is -0.0714. The number of carbonyl (C=O) groups is 3.